The zero-order chi connectivity index (χ0) is 21.0. The van der Waals surface area contributed by atoms with Gasteiger partial charge in [-0.2, -0.15) is 0 Å². The monoisotopic (exact) mass is 413 g/mol. The molecule has 2 fully saturated rings. The number of carbonyl (C=O) groups is 1. The Bertz CT molecular complexity index is 1240. The van der Waals surface area contributed by atoms with Gasteiger partial charge in [-0.05, 0) is 25.7 Å². The normalized spacial score (nSPS) is 17.7. The fourth-order valence-corrected chi connectivity index (χ4v) is 4.05. The SMILES string of the molecule is Cn1c(=O)c2c(ncn2CC(=O)N2CCC(c3nnc(C4CC4)o3)CC2)n(C)c1=O. The van der Waals surface area contributed by atoms with Crippen molar-refractivity contribution >= 4 is 17.1 Å². The van der Waals surface area contributed by atoms with Gasteiger partial charge >= 0.3 is 5.69 Å². The first-order valence-electron chi connectivity index (χ1n) is 10.2. The summed E-state index contributed by atoms with van der Waals surface area (Å²) >= 11 is 0. The van der Waals surface area contributed by atoms with Gasteiger partial charge < -0.3 is 13.9 Å². The second-order valence-corrected chi connectivity index (χ2v) is 8.16. The van der Waals surface area contributed by atoms with Crippen molar-refractivity contribution in [3.05, 3.63) is 38.9 Å². The van der Waals surface area contributed by atoms with Crippen LogP contribution in [-0.2, 0) is 25.4 Å². The molecule has 1 aliphatic carbocycles. The first-order chi connectivity index (χ1) is 14.4. The van der Waals surface area contributed by atoms with E-state index in [-0.39, 0.29) is 29.5 Å². The van der Waals surface area contributed by atoms with Crippen LogP contribution in [-0.4, -0.2) is 52.8 Å². The van der Waals surface area contributed by atoms with E-state index < -0.39 is 11.2 Å². The van der Waals surface area contributed by atoms with Crippen molar-refractivity contribution in [3.8, 4) is 0 Å². The second-order valence-electron chi connectivity index (χ2n) is 8.16. The minimum atomic E-state index is -0.458. The van der Waals surface area contributed by atoms with E-state index in [1.54, 1.807) is 11.9 Å². The number of aryl methyl sites for hydroxylation is 1. The van der Waals surface area contributed by atoms with Crippen molar-refractivity contribution in [1.82, 2.24) is 33.8 Å². The molecule has 30 heavy (non-hydrogen) atoms. The van der Waals surface area contributed by atoms with Gasteiger partial charge in [-0.15, -0.1) is 10.2 Å². The standard InChI is InChI=1S/C19H23N7O4/c1-23-15-14(18(28)24(2)19(23)29)26(10-20-15)9-13(27)25-7-5-12(6-8-25)17-22-21-16(30-17)11-3-4-11/h10-12H,3-9H2,1-2H3. The Morgan fingerprint density at radius 2 is 1.67 bits per heavy atom. The number of amides is 1. The van der Waals surface area contributed by atoms with E-state index in [2.05, 4.69) is 15.2 Å². The summed E-state index contributed by atoms with van der Waals surface area (Å²) in [5.74, 6) is 1.93. The van der Waals surface area contributed by atoms with Gasteiger partial charge in [0.05, 0.1) is 6.33 Å². The highest BCUT2D eigenvalue weighted by Crippen LogP contribution is 2.40. The number of fused-ring (bicyclic) bond motifs is 1. The third-order valence-corrected chi connectivity index (χ3v) is 6.10. The highest BCUT2D eigenvalue weighted by molar-refractivity contribution is 5.79. The number of carbonyl (C=O) groups excluding carboxylic acids is 1. The summed E-state index contributed by atoms with van der Waals surface area (Å²) in [6.07, 6.45) is 5.20. The number of hydrogen-bond donors (Lipinski definition) is 0. The zero-order valence-electron chi connectivity index (χ0n) is 16.9. The number of aromatic nitrogens is 6. The molecule has 0 aromatic carbocycles. The molecule has 1 aliphatic heterocycles. The lowest BCUT2D eigenvalue weighted by atomic mass is 9.97. The maximum absolute atomic E-state index is 12.9. The van der Waals surface area contributed by atoms with Crippen LogP contribution in [0.3, 0.4) is 0 Å². The highest BCUT2D eigenvalue weighted by Gasteiger charge is 2.32. The third kappa shape index (κ3) is 3.04. The van der Waals surface area contributed by atoms with Crippen LogP contribution in [0.1, 0.15) is 49.3 Å². The molecule has 5 rings (SSSR count). The number of imidazole rings is 1. The molecule has 0 radical (unpaired) electrons. The molecule has 1 saturated heterocycles. The molecule has 11 nitrogen and oxygen atoms in total. The first kappa shape index (κ1) is 18.8. The molecule has 0 bridgehead atoms. The minimum absolute atomic E-state index is 0.000988. The van der Waals surface area contributed by atoms with E-state index in [4.69, 9.17) is 4.42 Å². The predicted octanol–water partition coefficient (Wildman–Crippen LogP) is 0.100. The Morgan fingerprint density at radius 1 is 1.03 bits per heavy atom. The first-order valence-corrected chi connectivity index (χ1v) is 10.2. The van der Waals surface area contributed by atoms with Crippen molar-refractivity contribution in [2.24, 2.45) is 14.1 Å². The van der Waals surface area contributed by atoms with Crippen molar-refractivity contribution in [2.45, 2.75) is 44.1 Å². The van der Waals surface area contributed by atoms with E-state index in [1.165, 1.54) is 22.5 Å². The molecule has 1 saturated carbocycles. The van der Waals surface area contributed by atoms with Crippen LogP contribution in [0.4, 0.5) is 0 Å². The highest BCUT2D eigenvalue weighted by atomic mass is 16.4. The summed E-state index contributed by atoms with van der Waals surface area (Å²) in [6.45, 7) is 1.18. The molecule has 3 aromatic rings. The number of nitrogens with zero attached hydrogens (tertiary/aromatic N) is 7. The molecule has 0 unspecified atom stereocenters. The quantitative estimate of drug-likeness (QED) is 0.595. The number of rotatable bonds is 4. The Balaban J connectivity index is 1.28. The lowest BCUT2D eigenvalue weighted by molar-refractivity contribution is -0.132. The lowest BCUT2D eigenvalue weighted by Gasteiger charge is -2.30. The molecular weight excluding hydrogens is 390 g/mol. The summed E-state index contributed by atoms with van der Waals surface area (Å²) in [7, 11) is 2.97. The maximum Gasteiger partial charge on any atom is 0.332 e. The molecule has 1 amide bonds. The number of piperidine rings is 1. The third-order valence-electron chi connectivity index (χ3n) is 6.10. The molecule has 11 heteroatoms. The summed E-state index contributed by atoms with van der Waals surface area (Å²) < 4.78 is 9.67. The second kappa shape index (κ2) is 6.92. The van der Waals surface area contributed by atoms with Crippen molar-refractivity contribution in [2.75, 3.05) is 13.1 Å². The van der Waals surface area contributed by atoms with Crippen LogP contribution >= 0.6 is 0 Å². The fraction of sp³-hybridized carbons (Fsp3) is 0.579. The van der Waals surface area contributed by atoms with Crippen LogP contribution in [0.15, 0.2) is 20.3 Å². The molecule has 0 N–H and O–H groups in total. The smallest absolute Gasteiger partial charge is 0.332 e. The average Bonchev–Trinajstić information content (AvgIpc) is 3.34. The molecule has 4 heterocycles. The lowest BCUT2D eigenvalue weighted by Crippen LogP contribution is -2.41. The van der Waals surface area contributed by atoms with Crippen molar-refractivity contribution in [1.29, 1.82) is 0 Å². The summed E-state index contributed by atoms with van der Waals surface area (Å²) in [5, 5.41) is 8.35. The fourth-order valence-electron chi connectivity index (χ4n) is 4.05. The number of likely N-dealkylation sites (tertiary alicyclic amines) is 1. The molecular formula is C19H23N7O4. The van der Waals surface area contributed by atoms with Gasteiger partial charge in [0.25, 0.3) is 5.56 Å². The number of hydrogen-bond acceptors (Lipinski definition) is 7. The summed E-state index contributed by atoms with van der Waals surface area (Å²) in [4.78, 5) is 43.4. The van der Waals surface area contributed by atoms with Crippen LogP contribution < -0.4 is 11.2 Å². The van der Waals surface area contributed by atoms with Gasteiger partial charge in [0.2, 0.25) is 17.7 Å². The molecule has 2 aliphatic rings. The maximum atomic E-state index is 12.9. The van der Waals surface area contributed by atoms with Gasteiger partial charge in [-0.1, -0.05) is 0 Å². The molecule has 158 valence electrons. The van der Waals surface area contributed by atoms with Gasteiger partial charge in [0.15, 0.2) is 11.2 Å². The average molecular weight is 413 g/mol. The van der Waals surface area contributed by atoms with E-state index in [0.717, 1.165) is 36.1 Å². The van der Waals surface area contributed by atoms with E-state index >= 15 is 0 Å². The van der Waals surface area contributed by atoms with E-state index in [9.17, 15) is 14.4 Å². The largest absolute Gasteiger partial charge is 0.425 e. The van der Waals surface area contributed by atoms with Crippen LogP contribution in [0.25, 0.3) is 11.2 Å². The van der Waals surface area contributed by atoms with Crippen molar-refractivity contribution < 1.29 is 9.21 Å². The molecule has 3 aromatic heterocycles. The minimum Gasteiger partial charge on any atom is -0.425 e. The van der Waals surface area contributed by atoms with Gasteiger partial charge in [-0.25, -0.2) is 9.78 Å². The summed E-state index contributed by atoms with van der Waals surface area (Å²) in [5.41, 5.74) is -0.379. The van der Waals surface area contributed by atoms with Crippen LogP contribution in [0.2, 0.25) is 0 Å². The van der Waals surface area contributed by atoms with Crippen LogP contribution in [0.5, 0.6) is 0 Å². The molecule has 0 atom stereocenters. The predicted molar refractivity (Wildman–Crippen MR) is 105 cm³/mol. The van der Waals surface area contributed by atoms with E-state index in [0.29, 0.717) is 24.9 Å². The summed E-state index contributed by atoms with van der Waals surface area (Å²) in [6, 6.07) is 0. The Kier molecular flexibility index (Phi) is 4.33. The Morgan fingerprint density at radius 3 is 2.30 bits per heavy atom. The van der Waals surface area contributed by atoms with Crippen LogP contribution in [0, 0.1) is 0 Å². The van der Waals surface area contributed by atoms with Gasteiger partial charge in [0, 0.05) is 39.0 Å². The van der Waals surface area contributed by atoms with E-state index in [1.807, 2.05) is 0 Å². The Labute approximate surface area is 170 Å². The van der Waals surface area contributed by atoms with Gasteiger partial charge in [-0.3, -0.25) is 18.7 Å². The van der Waals surface area contributed by atoms with Crippen molar-refractivity contribution in [3.63, 3.8) is 0 Å². The Hall–Kier alpha value is -3.24. The zero-order valence-corrected chi connectivity index (χ0v) is 16.9. The van der Waals surface area contributed by atoms with Gasteiger partial charge in [0.1, 0.15) is 6.54 Å². The molecule has 0 spiro atoms. The topological polar surface area (TPSA) is 121 Å².